The van der Waals surface area contributed by atoms with Gasteiger partial charge in [0, 0.05) is 18.2 Å². The molecule has 0 unspecified atom stereocenters. The van der Waals surface area contributed by atoms with E-state index in [0.29, 0.717) is 34.8 Å². The second kappa shape index (κ2) is 5.89. The van der Waals surface area contributed by atoms with Gasteiger partial charge in [0.2, 0.25) is 0 Å². The third-order valence-electron chi connectivity index (χ3n) is 3.80. The fraction of sp³-hybridized carbons (Fsp3) is 0.467. The lowest BCUT2D eigenvalue weighted by atomic mass is 10.2. The molecule has 114 valence electrons. The van der Waals surface area contributed by atoms with E-state index in [0.717, 1.165) is 24.1 Å². The van der Waals surface area contributed by atoms with Gasteiger partial charge in [-0.1, -0.05) is 12.2 Å². The average molecular weight is 316 g/mol. The maximum Gasteiger partial charge on any atom is 0.307 e. The first-order valence-corrected chi connectivity index (χ1v) is 7.73. The maximum atomic E-state index is 11.7. The summed E-state index contributed by atoms with van der Waals surface area (Å²) in [5, 5.41) is 9.52. The molecular formula is C15H16N4O2S. The van der Waals surface area contributed by atoms with Crippen LogP contribution in [0.4, 0.5) is 0 Å². The molecule has 2 aromatic heterocycles. The minimum absolute atomic E-state index is 0.247. The van der Waals surface area contributed by atoms with E-state index in [1.807, 2.05) is 4.57 Å². The van der Waals surface area contributed by atoms with Crippen molar-refractivity contribution >= 4 is 29.2 Å². The smallest absolute Gasteiger partial charge is 0.307 e. The number of carbonyl (C=O) groups excluding carboxylic acids is 1. The number of aryl methyl sites for hydroxylation is 1. The van der Waals surface area contributed by atoms with E-state index in [4.69, 9.17) is 17.0 Å². The molecule has 3 rings (SSSR count). The molecule has 0 radical (unpaired) electrons. The molecule has 0 aliphatic heterocycles. The predicted molar refractivity (Wildman–Crippen MR) is 82.9 cm³/mol. The van der Waals surface area contributed by atoms with Crippen LogP contribution >= 0.6 is 12.2 Å². The summed E-state index contributed by atoms with van der Waals surface area (Å²) in [5.74, 6) is 0.115. The highest BCUT2D eigenvalue weighted by Crippen LogP contribution is 2.44. The van der Waals surface area contributed by atoms with Crippen molar-refractivity contribution in [1.29, 1.82) is 5.26 Å². The van der Waals surface area contributed by atoms with Gasteiger partial charge in [0.25, 0.3) is 0 Å². The van der Waals surface area contributed by atoms with Gasteiger partial charge < -0.3 is 14.3 Å². The topological polar surface area (TPSA) is 83.7 Å². The standard InChI is InChI=1S/C15H16N4O2S/c1-2-21-11(20)5-6-19-13(9-3-4-9)10(7-16)12-14(19)15(22)18-8-17-12/h8-9H,2-6H2,1H3,(H,17,18,22). The Morgan fingerprint density at radius 1 is 1.64 bits per heavy atom. The van der Waals surface area contributed by atoms with Gasteiger partial charge in [0.15, 0.2) is 0 Å². The molecule has 0 aromatic carbocycles. The van der Waals surface area contributed by atoms with Crippen molar-refractivity contribution in [3.63, 3.8) is 0 Å². The lowest BCUT2D eigenvalue weighted by molar-refractivity contribution is -0.143. The molecule has 0 bridgehead atoms. The molecule has 6 nitrogen and oxygen atoms in total. The first kappa shape index (κ1) is 14.7. The Morgan fingerprint density at radius 2 is 2.41 bits per heavy atom. The molecular weight excluding hydrogens is 300 g/mol. The number of ether oxygens (including phenoxy) is 1. The van der Waals surface area contributed by atoms with Crippen LogP contribution in [0.15, 0.2) is 6.33 Å². The summed E-state index contributed by atoms with van der Waals surface area (Å²) in [4.78, 5) is 18.9. The van der Waals surface area contributed by atoms with Crippen molar-refractivity contribution in [3.8, 4) is 6.07 Å². The zero-order valence-corrected chi connectivity index (χ0v) is 13.1. The Kier molecular flexibility index (Phi) is 3.94. The van der Waals surface area contributed by atoms with Gasteiger partial charge in [-0.3, -0.25) is 4.79 Å². The summed E-state index contributed by atoms with van der Waals surface area (Å²) in [6.45, 7) is 2.60. The number of hydrogen-bond acceptors (Lipinski definition) is 5. The first-order valence-electron chi connectivity index (χ1n) is 7.32. The number of carbonyl (C=O) groups is 1. The molecule has 1 fully saturated rings. The molecule has 1 saturated carbocycles. The molecule has 2 aromatic rings. The minimum Gasteiger partial charge on any atom is -0.466 e. The van der Waals surface area contributed by atoms with Crippen LogP contribution in [0.25, 0.3) is 11.0 Å². The predicted octanol–water partition coefficient (Wildman–Crippen LogP) is 2.80. The van der Waals surface area contributed by atoms with Crippen molar-refractivity contribution in [2.75, 3.05) is 6.61 Å². The Labute approximate surface area is 132 Å². The number of aromatic nitrogens is 3. The van der Waals surface area contributed by atoms with Gasteiger partial charge in [-0.2, -0.15) is 5.26 Å². The monoisotopic (exact) mass is 316 g/mol. The minimum atomic E-state index is -0.247. The highest BCUT2D eigenvalue weighted by Gasteiger charge is 2.32. The Balaban J connectivity index is 2.10. The van der Waals surface area contributed by atoms with Crippen LogP contribution in [-0.4, -0.2) is 27.1 Å². The van der Waals surface area contributed by atoms with Gasteiger partial charge in [-0.15, -0.1) is 0 Å². The second-order valence-electron chi connectivity index (χ2n) is 5.28. The van der Waals surface area contributed by atoms with Crippen molar-refractivity contribution < 1.29 is 9.53 Å². The van der Waals surface area contributed by atoms with E-state index in [-0.39, 0.29) is 12.4 Å². The van der Waals surface area contributed by atoms with E-state index in [9.17, 15) is 10.1 Å². The molecule has 1 aliphatic carbocycles. The van der Waals surface area contributed by atoms with E-state index in [2.05, 4.69) is 16.0 Å². The number of nitriles is 1. The second-order valence-corrected chi connectivity index (χ2v) is 5.69. The molecule has 0 amide bonds. The van der Waals surface area contributed by atoms with Crippen LogP contribution in [-0.2, 0) is 16.1 Å². The summed E-state index contributed by atoms with van der Waals surface area (Å²) in [6.07, 6.45) is 3.88. The quantitative estimate of drug-likeness (QED) is 0.677. The fourth-order valence-corrected chi connectivity index (χ4v) is 3.02. The average Bonchev–Trinajstić information content (AvgIpc) is 3.28. The van der Waals surface area contributed by atoms with Crippen molar-refractivity contribution in [1.82, 2.24) is 14.5 Å². The highest BCUT2D eigenvalue weighted by molar-refractivity contribution is 7.71. The Hall–Kier alpha value is -2.20. The van der Waals surface area contributed by atoms with Gasteiger partial charge >= 0.3 is 5.97 Å². The summed E-state index contributed by atoms with van der Waals surface area (Å²) < 4.78 is 7.51. The molecule has 0 atom stereocenters. The molecule has 0 saturated heterocycles. The number of esters is 1. The van der Waals surface area contributed by atoms with Crippen molar-refractivity contribution in [3.05, 3.63) is 22.2 Å². The van der Waals surface area contributed by atoms with Crippen LogP contribution in [0.5, 0.6) is 0 Å². The zero-order chi connectivity index (χ0) is 15.7. The number of H-pyrrole nitrogens is 1. The molecule has 0 spiro atoms. The number of nitrogens with one attached hydrogen (secondary N) is 1. The van der Waals surface area contributed by atoms with Gasteiger partial charge in [-0.25, -0.2) is 4.98 Å². The SMILES string of the molecule is CCOC(=O)CCn1c(C2CC2)c(C#N)c2nc[nH]c(=S)c21. The van der Waals surface area contributed by atoms with Crippen LogP contribution in [0.1, 0.15) is 43.4 Å². The van der Waals surface area contributed by atoms with Gasteiger partial charge in [0.05, 0.1) is 24.9 Å². The van der Waals surface area contributed by atoms with Crippen LogP contribution in [0, 0.1) is 16.0 Å². The molecule has 1 aliphatic rings. The molecule has 2 heterocycles. The van der Waals surface area contributed by atoms with Gasteiger partial charge in [0.1, 0.15) is 21.7 Å². The van der Waals surface area contributed by atoms with Crippen LogP contribution in [0.3, 0.4) is 0 Å². The summed E-state index contributed by atoms with van der Waals surface area (Å²) >= 11 is 5.36. The fourth-order valence-electron chi connectivity index (χ4n) is 2.76. The Bertz CT molecular complexity index is 826. The number of nitrogens with zero attached hydrogens (tertiary/aromatic N) is 3. The molecule has 7 heteroatoms. The number of aromatic amines is 1. The lowest BCUT2D eigenvalue weighted by Crippen LogP contribution is -2.11. The molecule has 1 N–H and O–H groups in total. The zero-order valence-electron chi connectivity index (χ0n) is 12.3. The Morgan fingerprint density at radius 3 is 3.05 bits per heavy atom. The normalized spacial score (nSPS) is 14.0. The summed E-state index contributed by atoms with van der Waals surface area (Å²) in [6, 6.07) is 2.26. The van der Waals surface area contributed by atoms with Crippen LogP contribution in [0.2, 0.25) is 0 Å². The van der Waals surface area contributed by atoms with E-state index in [1.165, 1.54) is 6.33 Å². The highest BCUT2D eigenvalue weighted by atomic mass is 32.1. The maximum absolute atomic E-state index is 11.7. The number of hydrogen-bond donors (Lipinski definition) is 1. The number of fused-ring (bicyclic) bond motifs is 1. The third kappa shape index (κ3) is 2.50. The lowest BCUT2D eigenvalue weighted by Gasteiger charge is -2.10. The first-order chi connectivity index (χ1) is 10.7. The third-order valence-corrected chi connectivity index (χ3v) is 4.11. The van der Waals surface area contributed by atoms with E-state index >= 15 is 0 Å². The van der Waals surface area contributed by atoms with Crippen molar-refractivity contribution in [2.24, 2.45) is 0 Å². The van der Waals surface area contributed by atoms with E-state index < -0.39 is 0 Å². The van der Waals surface area contributed by atoms with Crippen LogP contribution < -0.4 is 0 Å². The van der Waals surface area contributed by atoms with Crippen molar-refractivity contribution in [2.45, 2.75) is 38.6 Å². The number of rotatable bonds is 5. The van der Waals surface area contributed by atoms with Gasteiger partial charge in [-0.05, 0) is 19.8 Å². The van der Waals surface area contributed by atoms with E-state index in [1.54, 1.807) is 6.92 Å². The summed E-state index contributed by atoms with van der Waals surface area (Å²) in [5.41, 5.74) is 2.90. The summed E-state index contributed by atoms with van der Waals surface area (Å²) in [7, 11) is 0. The largest absolute Gasteiger partial charge is 0.466 e. The molecule has 22 heavy (non-hydrogen) atoms.